The summed E-state index contributed by atoms with van der Waals surface area (Å²) in [5, 5.41) is 14.9. The summed E-state index contributed by atoms with van der Waals surface area (Å²) in [6, 6.07) is 0. The molecule has 2 aliphatic rings. The van der Waals surface area contributed by atoms with Crippen LogP contribution in [0.5, 0.6) is 0 Å². The molecule has 0 spiro atoms. The average molecular weight is 435 g/mol. The molecule has 1 saturated carbocycles. The molecule has 1 N–H and O–H groups in total. The van der Waals surface area contributed by atoms with Gasteiger partial charge in [-0.1, -0.05) is 33.6 Å². The van der Waals surface area contributed by atoms with Gasteiger partial charge in [0.25, 0.3) is 0 Å². The van der Waals surface area contributed by atoms with Crippen LogP contribution in [0.2, 0.25) is 0 Å². The second-order valence-electron chi connectivity index (χ2n) is 9.54. The summed E-state index contributed by atoms with van der Waals surface area (Å²) in [4.78, 5) is 38.4. The lowest BCUT2D eigenvalue weighted by Gasteiger charge is -2.33. The minimum absolute atomic E-state index is 0.166. The highest BCUT2D eigenvalue weighted by Crippen LogP contribution is 2.45. The van der Waals surface area contributed by atoms with Crippen LogP contribution in [0.4, 0.5) is 5.00 Å². The number of thiophene rings is 1. The fourth-order valence-electron chi connectivity index (χ4n) is 4.76. The van der Waals surface area contributed by atoms with E-state index in [4.69, 9.17) is 4.74 Å². The SMILES string of the molecule is CCOC(=O)c1c(NC(=O)[C@H]2CCCC[C@H]2C(=O)[O-])sc2c1CC[C@@H](C(C)(C)C)C2. The Morgan fingerprint density at radius 2 is 1.80 bits per heavy atom. The zero-order chi connectivity index (χ0) is 22.1. The number of carboxylic acids is 1. The molecule has 7 heteroatoms. The van der Waals surface area contributed by atoms with Crippen molar-refractivity contribution in [2.24, 2.45) is 23.2 Å². The van der Waals surface area contributed by atoms with Gasteiger partial charge in [0.1, 0.15) is 5.00 Å². The standard InChI is InChI=1S/C23H33NO5S/c1-5-29-22(28)18-16-11-10-13(23(2,3)4)12-17(16)30-20(18)24-19(25)14-8-6-7-9-15(14)21(26)27/h13-15H,5-12H2,1-4H3,(H,24,25)(H,26,27)/p-1/t13-,14+,15-/m1/s1. The van der Waals surface area contributed by atoms with E-state index in [1.165, 1.54) is 11.3 Å². The molecule has 0 aliphatic heterocycles. The fourth-order valence-corrected chi connectivity index (χ4v) is 6.08. The van der Waals surface area contributed by atoms with Gasteiger partial charge in [-0.15, -0.1) is 11.3 Å². The number of rotatable bonds is 5. The minimum atomic E-state index is -1.17. The summed E-state index contributed by atoms with van der Waals surface area (Å²) < 4.78 is 5.29. The third-order valence-electron chi connectivity index (χ3n) is 6.61. The second kappa shape index (κ2) is 9.08. The van der Waals surface area contributed by atoms with Gasteiger partial charge in [-0.3, -0.25) is 4.79 Å². The number of fused-ring (bicyclic) bond motifs is 1. The van der Waals surface area contributed by atoms with E-state index < -0.39 is 23.8 Å². The van der Waals surface area contributed by atoms with Crippen molar-refractivity contribution in [2.75, 3.05) is 11.9 Å². The molecule has 1 aromatic rings. The van der Waals surface area contributed by atoms with Crippen LogP contribution in [0, 0.1) is 23.2 Å². The molecule has 6 nitrogen and oxygen atoms in total. The molecule has 3 rings (SSSR count). The number of hydrogen-bond acceptors (Lipinski definition) is 6. The Hall–Kier alpha value is -1.89. The van der Waals surface area contributed by atoms with Crippen LogP contribution in [0.15, 0.2) is 0 Å². The summed E-state index contributed by atoms with van der Waals surface area (Å²) in [6.45, 7) is 8.71. The maximum Gasteiger partial charge on any atom is 0.341 e. The highest BCUT2D eigenvalue weighted by atomic mass is 32.1. The number of aliphatic carboxylic acids is 1. The molecular weight excluding hydrogens is 402 g/mol. The molecular formula is C23H32NO5S-. The van der Waals surface area contributed by atoms with Crippen molar-refractivity contribution < 1.29 is 24.2 Å². The highest BCUT2D eigenvalue weighted by molar-refractivity contribution is 7.17. The van der Waals surface area contributed by atoms with Gasteiger partial charge in [-0.05, 0) is 55.9 Å². The van der Waals surface area contributed by atoms with Crippen molar-refractivity contribution in [3.8, 4) is 0 Å². The van der Waals surface area contributed by atoms with Crippen LogP contribution < -0.4 is 10.4 Å². The highest BCUT2D eigenvalue weighted by Gasteiger charge is 2.36. The van der Waals surface area contributed by atoms with Gasteiger partial charge >= 0.3 is 5.97 Å². The van der Waals surface area contributed by atoms with E-state index in [9.17, 15) is 19.5 Å². The number of carbonyl (C=O) groups excluding carboxylic acids is 3. The first-order valence-corrected chi connectivity index (χ1v) is 11.8. The Morgan fingerprint density at radius 1 is 1.13 bits per heavy atom. The number of esters is 1. The Bertz CT molecular complexity index is 822. The molecule has 1 heterocycles. The van der Waals surface area contributed by atoms with Gasteiger partial charge in [0.2, 0.25) is 5.91 Å². The molecule has 1 fully saturated rings. The zero-order valence-electron chi connectivity index (χ0n) is 18.3. The molecule has 0 radical (unpaired) electrons. The minimum Gasteiger partial charge on any atom is -0.550 e. The second-order valence-corrected chi connectivity index (χ2v) is 10.6. The number of ether oxygens (including phenoxy) is 1. The van der Waals surface area contributed by atoms with Crippen molar-refractivity contribution in [3.63, 3.8) is 0 Å². The molecule has 166 valence electrons. The van der Waals surface area contributed by atoms with Crippen LogP contribution in [-0.2, 0) is 27.2 Å². The first-order chi connectivity index (χ1) is 14.1. The van der Waals surface area contributed by atoms with Crippen molar-refractivity contribution in [3.05, 3.63) is 16.0 Å². The average Bonchev–Trinajstić information content (AvgIpc) is 3.04. The van der Waals surface area contributed by atoms with Gasteiger partial charge in [0.15, 0.2) is 0 Å². The molecule has 0 unspecified atom stereocenters. The van der Waals surface area contributed by atoms with Crippen molar-refractivity contribution in [2.45, 2.75) is 72.6 Å². The predicted molar refractivity (Wildman–Crippen MR) is 114 cm³/mol. The number of anilines is 1. The van der Waals surface area contributed by atoms with E-state index in [1.807, 2.05) is 0 Å². The van der Waals surface area contributed by atoms with Gasteiger partial charge in [-0.2, -0.15) is 0 Å². The largest absolute Gasteiger partial charge is 0.550 e. The predicted octanol–water partition coefficient (Wildman–Crippen LogP) is 3.57. The summed E-state index contributed by atoms with van der Waals surface area (Å²) >= 11 is 1.44. The lowest BCUT2D eigenvalue weighted by molar-refractivity contribution is -0.313. The van der Waals surface area contributed by atoms with Crippen LogP contribution >= 0.6 is 11.3 Å². The van der Waals surface area contributed by atoms with Crippen molar-refractivity contribution >= 4 is 34.2 Å². The van der Waals surface area contributed by atoms with Crippen molar-refractivity contribution in [1.82, 2.24) is 0 Å². The third kappa shape index (κ3) is 4.71. The van der Waals surface area contributed by atoms with E-state index in [0.29, 0.717) is 29.3 Å². The molecule has 30 heavy (non-hydrogen) atoms. The maximum absolute atomic E-state index is 13.0. The van der Waals surface area contributed by atoms with Gasteiger partial charge in [0, 0.05) is 22.7 Å². The van der Waals surface area contributed by atoms with E-state index in [2.05, 4.69) is 26.1 Å². The number of amides is 1. The van der Waals surface area contributed by atoms with E-state index in [-0.39, 0.29) is 17.9 Å². The molecule has 0 bridgehead atoms. The van der Waals surface area contributed by atoms with E-state index >= 15 is 0 Å². The Morgan fingerprint density at radius 3 is 2.40 bits per heavy atom. The summed E-state index contributed by atoms with van der Waals surface area (Å²) in [7, 11) is 0. The van der Waals surface area contributed by atoms with Crippen LogP contribution in [0.1, 0.15) is 80.6 Å². The smallest absolute Gasteiger partial charge is 0.341 e. The Kier molecular flexibility index (Phi) is 6.90. The van der Waals surface area contributed by atoms with Gasteiger partial charge in [-0.25, -0.2) is 4.79 Å². The van der Waals surface area contributed by atoms with Crippen LogP contribution in [0.3, 0.4) is 0 Å². The van der Waals surface area contributed by atoms with Gasteiger partial charge < -0.3 is 20.0 Å². The molecule has 2 aliphatic carbocycles. The van der Waals surface area contributed by atoms with E-state index in [0.717, 1.165) is 42.5 Å². The lowest BCUT2D eigenvalue weighted by Crippen LogP contribution is -2.42. The lowest BCUT2D eigenvalue weighted by atomic mass is 9.72. The quantitative estimate of drug-likeness (QED) is 0.715. The summed E-state index contributed by atoms with van der Waals surface area (Å²) in [5.41, 5.74) is 1.60. The fraction of sp³-hybridized carbons (Fsp3) is 0.696. The summed E-state index contributed by atoms with van der Waals surface area (Å²) in [5.74, 6) is -2.81. The number of hydrogen-bond donors (Lipinski definition) is 1. The topological polar surface area (TPSA) is 95.5 Å². The Labute approximate surface area is 182 Å². The molecule has 3 atom stereocenters. The number of carbonyl (C=O) groups is 3. The van der Waals surface area contributed by atoms with Crippen molar-refractivity contribution in [1.29, 1.82) is 0 Å². The monoisotopic (exact) mass is 434 g/mol. The third-order valence-corrected chi connectivity index (χ3v) is 7.78. The first-order valence-electron chi connectivity index (χ1n) is 11.0. The molecule has 1 aromatic heterocycles. The normalized spacial score (nSPS) is 24.1. The molecule has 1 amide bonds. The Balaban J connectivity index is 1.90. The van der Waals surface area contributed by atoms with Crippen LogP contribution in [0.25, 0.3) is 0 Å². The summed E-state index contributed by atoms with van der Waals surface area (Å²) in [6.07, 6.45) is 5.23. The first kappa shape index (κ1) is 22.8. The molecule has 0 aromatic carbocycles. The maximum atomic E-state index is 13.0. The van der Waals surface area contributed by atoms with Crippen LogP contribution in [-0.4, -0.2) is 24.5 Å². The van der Waals surface area contributed by atoms with Gasteiger partial charge in [0.05, 0.1) is 12.2 Å². The number of nitrogens with one attached hydrogen (secondary N) is 1. The molecule has 0 saturated heterocycles. The van der Waals surface area contributed by atoms with E-state index in [1.54, 1.807) is 6.92 Å². The zero-order valence-corrected chi connectivity index (χ0v) is 19.2. The number of carboxylic acid groups (broad SMARTS) is 1.